The quantitative estimate of drug-likeness (QED) is 0.429. The normalized spacial score (nSPS) is 18.2. The molecule has 2 rings (SSSR count). The van der Waals surface area contributed by atoms with Gasteiger partial charge in [0.1, 0.15) is 29.9 Å². The summed E-state index contributed by atoms with van der Waals surface area (Å²) in [5.74, 6) is 2.19. The predicted octanol–water partition coefficient (Wildman–Crippen LogP) is 2.52. The third kappa shape index (κ3) is 5.66. The van der Waals surface area contributed by atoms with E-state index in [9.17, 15) is 4.79 Å². The molecule has 3 N–H and O–H groups in total. The van der Waals surface area contributed by atoms with Crippen molar-refractivity contribution in [1.82, 2.24) is 5.32 Å². The van der Waals surface area contributed by atoms with Crippen LogP contribution in [0.1, 0.15) is 38.5 Å². The summed E-state index contributed by atoms with van der Waals surface area (Å²) in [5.41, 5.74) is 4.98. The Hall–Kier alpha value is -2.24. The van der Waals surface area contributed by atoms with Crippen LogP contribution in [0.25, 0.3) is 0 Å². The highest BCUT2D eigenvalue weighted by Gasteiger charge is 2.35. The van der Waals surface area contributed by atoms with Gasteiger partial charge in [0, 0.05) is 7.05 Å². The van der Waals surface area contributed by atoms with Crippen LogP contribution in [-0.2, 0) is 4.79 Å². The van der Waals surface area contributed by atoms with Crippen LogP contribution in [0.15, 0.2) is 29.3 Å². The molecule has 1 unspecified atom stereocenters. The average Bonchev–Trinajstić information content (AvgIpc) is 2.67. The summed E-state index contributed by atoms with van der Waals surface area (Å²) in [7, 11) is 3.22. The summed E-state index contributed by atoms with van der Waals surface area (Å²) in [6.45, 7) is 0.204. The minimum atomic E-state index is -0.870. The number of guanidine groups is 1. The van der Waals surface area contributed by atoms with E-state index in [0.29, 0.717) is 18.1 Å². The molecule has 1 aliphatic rings. The molecule has 1 aliphatic carbocycles. The van der Waals surface area contributed by atoms with Crippen molar-refractivity contribution in [1.29, 1.82) is 0 Å². The largest absolute Gasteiger partial charge is 0.497 e. The average molecular weight is 347 g/mol. The van der Waals surface area contributed by atoms with Gasteiger partial charge in [0.05, 0.1) is 7.11 Å². The molecule has 0 radical (unpaired) electrons. The van der Waals surface area contributed by atoms with Gasteiger partial charge in [-0.1, -0.05) is 32.1 Å². The van der Waals surface area contributed by atoms with Crippen molar-refractivity contribution in [3.05, 3.63) is 24.3 Å². The van der Waals surface area contributed by atoms with E-state index in [1.165, 1.54) is 19.3 Å². The second kappa shape index (κ2) is 9.30. The number of rotatable bonds is 8. The van der Waals surface area contributed by atoms with Gasteiger partial charge in [0.2, 0.25) is 0 Å². The van der Waals surface area contributed by atoms with Gasteiger partial charge >= 0.3 is 0 Å². The first-order valence-corrected chi connectivity index (χ1v) is 8.84. The first kappa shape index (κ1) is 19.1. The number of benzene rings is 1. The molecule has 1 fully saturated rings. The van der Waals surface area contributed by atoms with Gasteiger partial charge < -0.3 is 25.3 Å². The number of hydrogen-bond acceptors (Lipinski definition) is 4. The van der Waals surface area contributed by atoms with Crippen molar-refractivity contribution in [2.45, 2.75) is 44.1 Å². The minimum absolute atomic E-state index is 0.204. The van der Waals surface area contributed by atoms with Gasteiger partial charge in [-0.05, 0) is 36.6 Å². The number of carbonyl (C=O) groups is 1. The van der Waals surface area contributed by atoms with E-state index in [1.807, 2.05) is 24.3 Å². The Kier molecular flexibility index (Phi) is 7.10. The van der Waals surface area contributed by atoms with Crippen molar-refractivity contribution >= 4 is 12.2 Å². The van der Waals surface area contributed by atoms with Gasteiger partial charge in [0.25, 0.3) is 0 Å². The van der Waals surface area contributed by atoms with Gasteiger partial charge in [-0.3, -0.25) is 4.99 Å². The fraction of sp³-hybridized carbons (Fsp3) is 0.579. The second-order valence-electron chi connectivity index (χ2n) is 6.68. The number of carbonyl (C=O) groups excluding carboxylic acids is 1. The molecule has 0 saturated heterocycles. The van der Waals surface area contributed by atoms with E-state index < -0.39 is 5.54 Å². The van der Waals surface area contributed by atoms with E-state index in [0.717, 1.165) is 24.9 Å². The maximum absolute atomic E-state index is 12.0. The lowest BCUT2D eigenvalue weighted by atomic mass is 9.80. The summed E-state index contributed by atoms with van der Waals surface area (Å²) in [6.07, 6.45) is 7.61. The summed E-state index contributed by atoms with van der Waals surface area (Å²) >= 11 is 0. The third-order valence-corrected chi connectivity index (χ3v) is 4.78. The zero-order chi connectivity index (χ0) is 18.1. The van der Waals surface area contributed by atoms with Crippen molar-refractivity contribution < 1.29 is 14.3 Å². The molecular weight excluding hydrogens is 318 g/mol. The molecule has 0 aliphatic heterocycles. The molecule has 1 aromatic carbocycles. The molecule has 6 nitrogen and oxygen atoms in total. The lowest BCUT2D eigenvalue weighted by Crippen LogP contribution is -2.57. The summed E-state index contributed by atoms with van der Waals surface area (Å²) in [4.78, 5) is 15.9. The molecule has 0 heterocycles. The number of nitrogens with one attached hydrogen (secondary N) is 1. The molecule has 1 aromatic rings. The van der Waals surface area contributed by atoms with Gasteiger partial charge in [-0.15, -0.1) is 0 Å². The number of aliphatic imine (C=N–C) groups is 1. The number of methoxy groups -OCH3 is 1. The van der Waals surface area contributed by atoms with Crippen molar-refractivity contribution in [2.24, 2.45) is 16.6 Å². The van der Waals surface area contributed by atoms with Crippen molar-refractivity contribution in [3.8, 4) is 11.5 Å². The van der Waals surface area contributed by atoms with E-state index in [2.05, 4.69) is 10.3 Å². The molecular formula is C19H29N3O3. The summed E-state index contributed by atoms with van der Waals surface area (Å²) in [5, 5.41) is 3.08. The lowest BCUT2D eigenvalue weighted by molar-refractivity contribution is -0.114. The predicted molar refractivity (Wildman–Crippen MR) is 99.2 cm³/mol. The zero-order valence-corrected chi connectivity index (χ0v) is 15.2. The van der Waals surface area contributed by atoms with Gasteiger partial charge in [0.15, 0.2) is 5.96 Å². The molecule has 1 saturated carbocycles. The van der Waals surface area contributed by atoms with Gasteiger partial charge in [-0.2, -0.15) is 0 Å². The maximum Gasteiger partial charge on any atom is 0.189 e. The van der Waals surface area contributed by atoms with Crippen LogP contribution in [0.3, 0.4) is 0 Å². The molecule has 0 bridgehead atoms. The lowest BCUT2D eigenvalue weighted by Gasteiger charge is -2.34. The summed E-state index contributed by atoms with van der Waals surface area (Å²) in [6, 6.07) is 7.31. The Bertz CT molecular complexity index is 568. The molecule has 25 heavy (non-hydrogen) atoms. The number of nitrogens with zero attached hydrogens (tertiary/aromatic N) is 1. The van der Waals surface area contributed by atoms with Crippen LogP contribution in [-0.4, -0.2) is 38.5 Å². The SMILES string of the molecule is CN=C(N)NC(C=O)(COc1ccc(OC)cc1)CC1CCCCC1. The Labute approximate surface area is 149 Å². The van der Waals surface area contributed by atoms with Crippen LogP contribution in [0.2, 0.25) is 0 Å². The second-order valence-corrected chi connectivity index (χ2v) is 6.68. The zero-order valence-electron chi connectivity index (χ0n) is 15.2. The molecule has 138 valence electrons. The van der Waals surface area contributed by atoms with E-state index in [-0.39, 0.29) is 12.6 Å². The monoisotopic (exact) mass is 347 g/mol. The van der Waals surface area contributed by atoms with Crippen molar-refractivity contribution in [2.75, 3.05) is 20.8 Å². The molecule has 0 amide bonds. The fourth-order valence-electron chi connectivity index (χ4n) is 3.36. The number of nitrogens with two attached hydrogens (primary N) is 1. The highest BCUT2D eigenvalue weighted by molar-refractivity contribution is 5.83. The Morgan fingerprint density at radius 2 is 1.92 bits per heavy atom. The summed E-state index contributed by atoms with van der Waals surface area (Å²) < 4.78 is 11.0. The molecule has 0 aromatic heterocycles. The maximum atomic E-state index is 12.0. The Morgan fingerprint density at radius 3 is 2.48 bits per heavy atom. The van der Waals surface area contributed by atoms with Crippen LogP contribution in [0.4, 0.5) is 0 Å². The Balaban J connectivity index is 2.09. The van der Waals surface area contributed by atoms with Crippen LogP contribution < -0.4 is 20.5 Å². The first-order valence-electron chi connectivity index (χ1n) is 8.84. The Morgan fingerprint density at radius 1 is 1.28 bits per heavy atom. The molecule has 1 atom stereocenters. The van der Waals surface area contributed by atoms with Crippen LogP contribution >= 0.6 is 0 Å². The fourth-order valence-corrected chi connectivity index (χ4v) is 3.36. The van der Waals surface area contributed by atoms with E-state index in [1.54, 1.807) is 14.2 Å². The molecule has 6 heteroatoms. The number of ether oxygens (including phenoxy) is 2. The third-order valence-electron chi connectivity index (χ3n) is 4.78. The highest BCUT2D eigenvalue weighted by Crippen LogP contribution is 2.30. The first-order chi connectivity index (χ1) is 12.1. The van der Waals surface area contributed by atoms with E-state index >= 15 is 0 Å². The van der Waals surface area contributed by atoms with E-state index in [4.69, 9.17) is 15.2 Å². The van der Waals surface area contributed by atoms with Gasteiger partial charge in [-0.25, -0.2) is 0 Å². The minimum Gasteiger partial charge on any atom is -0.497 e. The highest BCUT2D eigenvalue weighted by atomic mass is 16.5. The number of aldehydes is 1. The molecule has 0 spiro atoms. The van der Waals surface area contributed by atoms with Crippen molar-refractivity contribution in [3.63, 3.8) is 0 Å². The van der Waals surface area contributed by atoms with Crippen LogP contribution in [0, 0.1) is 5.92 Å². The standard InChI is InChI=1S/C19H29N3O3/c1-21-18(20)22-19(13-23,12-15-6-4-3-5-7-15)14-25-17-10-8-16(24-2)9-11-17/h8-11,13,15H,3-7,12,14H2,1-2H3,(H3,20,21,22). The van der Waals surface area contributed by atoms with Crippen LogP contribution in [0.5, 0.6) is 11.5 Å². The number of hydrogen-bond donors (Lipinski definition) is 2. The topological polar surface area (TPSA) is 85.9 Å². The smallest absolute Gasteiger partial charge is 0.189 e.